The van der Waals surface area contributed by atoms with Crippen LogP contribution in [0.2, 0.25) is 0 Å². The van der Waals surface area contributed by atoms with Crippen LogP contribution < -0.4 is 10.6 Å². The zero-order valence-electron chi connectivity index (χ0n) is 14.7. The molecule has 0 amide bonds. The van der Waals surface area contributed by atoms with Gasteiger partial charge < -0.3 is 15.7 Å². The van der Waals surface area contributed by atoms with Crippen LogP contribution in [-0.2, 0) is 18.6 Å². The fourth-order valence-corrected chi connectivity index (χ4v) is 3.28. The molecule has 24 heavy (non-hydrogen) atoms. The van der Waals surface area contributed by atoms with E-state index in [1.165, 1.54) is 4.88 Å². The highest BCUT2D eigenvalue weighted by atomic mass is 32.1. The summed E-state index contributed by atoms with van der Waals surface area (Å²) < 4.78 is 0. The van der Waals surface area contributed by atoms with E-state index in [1.807, 2.05) is 24.3 Å². The van der Waals surface area contributed by atoms with E-state index in [4.69, 9.17) is 0 Å². The molecule has 4 nitrogen and oxygen atoms in total. The van der Waals surface area contributed by atoms with Crippen LogP contribution in [0.4, 0.5) is 0 Å². The van der Waals surface area contributed by atoms with Gasteiger partial charge in [-0.2, -0.15) is 0 Å². The molecule has 0 saturated heterocycles. The lowest BCUT2D eigenvalue weighted by molar-refractivity contribution is 0.280. The zero-order valence-corrected chi connectivity index (χ0v) is 15.5. The molecule has 0 spiro atoms. The number of aliphatic imine (C=N–C) groups is 1. The molecule has 5 heteroatoms. The van der Waals surface area contributed by atoms with E-state index in [2.05, 4.69) is 53.9 Å². The Morgan fingerprint density at radius 3 is 2.50 bits per heavy atom. The second-order valence-corrected chi connectivity index (χ2v) is 7.28. The van der Waals surface area contributed by atoms with Crippen molar-refractivity contribution >= 4 is 17.3 Å². The highest BCUT2D eigenvalue weighted by Gasteiger charge is 2.21. The first kappa shape index (κ1) is 18.5. The maximum absolute atomic E-state index is 9.42. The molecule has 130 valence electrons. The van der Waals surface area contributed by atoms with Gasteiger partial charge in [0, 0.05) is 23.4 Å². The van der Waals surface area contributed by atoms with Crippen molar-refractivity contribution in [3.8, 4) is 0 Å². The smallest absolute Gasteiger partial charge is 0.191 e. The predicted molar refractivity (Wildman–Crippen MR) is 103 cm³/mol. The summed E-state index contributed by atoms with van der Waals surface area (Å²) in [6.45, 7) is 8.73. The van der Waals surface area contributed by atoms with Crippen LogP contribution in [0.25, 0.3) is 0 Å². The fourth-order valence-electron chi connectivity index (χ4n) is 2.43. The largest absolute Gasteiger partial charge is 0.392 e. The van der Waals surface area contributed by atoms with Crippen molar-refractivity contribution in [1.82, 2.24) is 10.6 Å². The molecule has 3 N–H and O–H groups in total. The monoisotopic (exact) mass is 345 g/mol. The number of aliphatic hydroxyl groups is 1. The SMILES string of the molecule is CCNC(=NCc1ccccc1CO)NCC(C)(C)c1cccs1. The normalized spacial score (nSPS) is 12.2. The van der Waals surface area contributed by atoms with Gasteiger partial charge in [-0.1, -0.05) is 44.2 Å². The van der Waals surface area contributed by atoms with Crippen LogP contribution in [0.5, 0.6) is 0 Å². The molecule has 0 bridgehead atoms. The van der Waals surface area contributed by atoms with Gasteiger partial charge >= 0.3 is 0 Å². The third kappa shape index (κ3) is 5.08. The van der Waals surface area contributed by atoms with Gasteiger partial charge in [0.05, 0.1) is 13.2 Å². The van der Waals surface area contributed by atoms with Crippen LogP contribution >= 0.6 is 11.3 Å². The maximum atomic E-state index is 9.42. The van der Waals surface area contributed by atoms with Crippen LogP contribution in [0, 0.1) is 0 Å². The molecule has 0 saturated carbocycles. The Morgan fingerprint density at radius 2 is 1.88 bits per heavy atom. The molecule has 0 aliphatic carbocycles. The molecule has 1 aromatic heterocycles. The number of rotatable bonds is 7. The van der Waals surface area contributed by atoms with E-state index >= 15 is 0 Å². The van der Waals surface area contributed by atoms with Gasteiger partial charge in [-0.15, -0.1) is 11.3 Å². The molecule has 0 radical (unpaired) electrons. The van der Waals surface area contributed by atoms with Crippen molar-refractivity contribution in [2.75, 3.05) is 13.1 Å². The molecular formula is C19H27N3OS. The molecular weight excluding hydrogens is 318 g/mol. The lowest BCUT2D eigenvalue weighted by atomic mass is 9.91. The third-order valence-electron chi connectivity index (χ3n) is 3.93. The van der Waals surface area contributed by atoms with E-state index < -0.39 is 0 Å². The average Bonchev–Trinajstić information content (AvgIpc) is 3.13. The third-order valence-corrected chi connectivity index (χ3v) is 5.16. The minimum Gasteiger partial charge on any atom is -0.392 e. The van der Waals surface area contributed by atoms with Gasteiger partial charge in [-0.3, -0.25) is 0 Å². The summed E-state index contributed by atoms with van der Waals surface area (Å²) >= 11 is 1.78. The molecule has 1 heterocycles. The van der Waals surface area contributed by atoms with Crippen molar-refractivity contribution in [3.05, 3.63) is 57.8 Å². The number of guanidine groups is 1. The molecule has 0 unspecified atom stereocenters. The number of nitrogens with one attached hydrogen (secondary N) is 2. The van der Waals surface area contributed by atoms with Gasteiger partial charge in [0.2, 0.25) is 0 Å². The Bertz CT molecular complexity index is 650. The van der Waals surface area contributed by atoms with E-state index in [-0.39, 0.29) is 12.0 Å². The first-order valence-electron chi connectivity index (χ1n) is 8.30. The average molecular weight is 346 g/mol. The first-order chi connectivity index (χ1) is 11.6. The Labute approximate surface area is 148 Å². The number of aliphatic hydroxyl groups excluding tert-OH is 1. The number of hydrogen-bond acceptors (Lipinski definition) is 3. The second-order valence-electron chi connectivity index (χ2n) is 6.34. The number of nitrogens with zero attached hydrogens (tertiary/aromatic N) is 1. The maximum Gasteiger partial charge on any atom is 0.191 e. The molecule has 1 aromatic carbocycles. The predicted octanol–water partition coefficient (Wildman–Crippen LogP) is 3.27. The minimum atomic E-state index is 0.0427. The summed E-state index contributed by atoms with van der Waals surface area (Å²) in [5.74, 6) is 0.801. The van der Waals surface area contributed by atoms with E-state index in [9.17, 15) is 5.11 Å². The Hall–Kier alpha value is -1.85. The quantitative estimate of drug-likeness (QED) is 0.533. The summed E-state index contributed by atoms with van der Waals surface area (Å²) in [5, 5.41) is 18.3. The van der Waals surface area contributed by atoms with Crippen molar-refractivity contribution in [2.24, 2.45) is 4.99 Å². The summed E-state index contributed by atoms with van der Waals surface area (Å²) in [7, 11) is 0. The van der Waals surface area contributed by atoms with Crippen molar-refractivity contribution in [2.45, 2.75) is 39.3 Å². The molecule has 0 aliphatic heterocycles. The number of hydrogen-bond donors (Lipinski definition) is 3. The lowest BCUT2D eigenvalue weighted by Gasteiger charge is -2.25. The molecule has 0 fully saturated rings. The molecule has 2 rings (SSSR count). The van der Waals surface area contributed by atoms with Crippen molar-refractivity contribution < 1.29 is 5.11 Å². The van der Waals surface area contributed by atoms with E-state index in [1.54, 1.807) is 11.3 Å². The van der Waals surface area contributed by atoms with Gasteiger partial charge in [-0.05, 0) is 29.5 Å². The van der Waals surface area contributed by atoms with Gasteiger partial charge in [-0.25, -0.2) is 4.99 Å². The zero-order chi connectivity index (χ0) is 17.4. The highest BCUT2D eigenvalue weighted by molar-refractivity contribution is 7.10. The second kappa shape index (κ2) is 8.85. The Morgan fingerprint density at radius 1 is 1.12 bits per heavy atom. The summed E-state index contributed by atoms with van der Waals surface area (Å²) in [6.07, 6.45) is 0. The summed E-state index contributed by atoms with van der Waals surface area (Å²) in [5.41, 5.74) is 2.03. The van der Waals surface area contributed by atoms with Gasteiger partial charge in [0.25, 0.3) is 0 Å². The topological polar surface area (TPSA) is 56.7 Å². The molecule has 0 atom stereocenters. The highest BCUT2D eigenvalue weighted by Crippen LogP contribution is 2.26. The van der Waals surface area contributed by atoms with Crippen molar-refractivity contribution in [3.63, 3.8) is 0 Å². The van der Waals surface area contributed by atoms with Crippen LogP contribution in [-0.4, -0.2) is 24.2 Å². The van der Waals surface area contributed by atoms with Crippen LogP contribution in [0.15, 0.2) is 46.8 Å². The Balaban J connectivity index is 2.03. The summed E-state index contributed by atoms with van der Waals surface area (Å²) in [4.78, 5) is 6.02. The van der Waals surface area contributed by atoms with Crippen molar-refractivity contribution in [1.29, 1.82) is 0 Å². The molecule has 2 aromatic rings. The molecule has 0 aliphatic rings. The van der Waals surface area contributed by atoms with Crippen LogP contribution in [0.3, 0.4) is 0 Å². The lowest BCUT2D eigenvalue weighted by Crippen LogP contribution is -2.43. The fraction of sp³-hybridized carbons (Fsp3) is 0.421. The first-order valence-corrected chi connectivity index (χ1v) is 9.18. The number of benzene rings is 1. The summed E-state index contributed by atoms with van der Waals surface area (Å²) in [6, 6.07) is 12.1. The van der Waals surface area contributed by atoms with Crippen LogP contribution in [0.1, 0.15) is 36.8 Å². The van der Waals surface area contributed by atoms with Gasteiger partial charge in [0.15, 0.2) is 5.96 Å². The van der Waals surface area contributed by atoms with E-state index in [0.29, 0.717) is 6.54 Å². The number of thiophene rings is 1. The van der Waals surface area contributed by atoms with Gasteiger partial charge in [0.1, 0.15) is 0 Å². The standard InChI is InChI=1S/C19H27N3OS/c1-4-20-18(21-12-15-8-5-6-9-16(15)13-23)22-14-19(2,3)17-10-7-11-24-17/h5-11,23H,4,12-14H2,1-3H3,(H2,20,21,22). The Kier molecular flexibility index (Phi) is 6.82. The van der Waals surface area contributed by atoms with E-state index in [0.717, 1.165) is 30.2 Å². The minimum absolute atomic E-state index is 0.0427.